The Bertz CT molecular complexity index is 310. The number of benzene rings is 1. The van der Waals surface area contributed by atoms with Crippen LogP contribution in [0.4, 0.5) is 5.69 Å². The van der Waals surface area contributed by atoms with E-state index in [4.69, 9.17) is 5.73 Å². The maximum atomic E-state index is 10.3. The predicted octanol–water partition coefficient (Wildman–Crippen LogP) is 0.977. The number of aliphatic hydroxyl groups is 1. The monoisotopic (exact) mass is 196 g/mol. The molecule has 5 nitrogen and oxygen atoms in total. The molecule has 1 unspecified atom stereocenters. The molecule has 0 saturated carbocycles. The topological polar surface area (TPSA) is 89.4 Å². The number of nitrogens with zero attached hydrogens (tertiary/aromatic N) is 1. The number of aliphatic hydroxyl groups excluding tert-OH is 1. The van der Waals surface area contributed by atoms with Gasteiger partial charge in [-0.15, -0.1) is 0 Å². The number of nitrogens with two attached hydrogens (primary N) is 1. The molecule has 0 spiro atoms. The number of non-ortho nitro benzene ring substituents is 1. The Morgan fingerprint density at radius 3 is 2.43 bits per heavy atom. The molecule has 3 N–H and O–H groups in total. The van der Waals surface area contributed by atoms with Gasteiger partial charge in [0.05, 0.1) is 11.0 Å². The molecule has 0 aliphatic rings. The van der Waals surface area contributed by atoms with Crippen molar-refractivity contribution in [3.8, 4) is 0 Å². The van der Waals surface area contributed by atoms with Crippen molar-refractivity contribution in [2.75, 3.05) is 6.54 Å². The van der Waals surface area contributed by atoms with Crippen LogP contribution in [0.5, 0.6) is 0 Å². The molecule has 14 heavy (non-hydrogen) atoms. The fourth-order valence-corrected chi connectivity index (χ4v) is 1.14. The van der Waals surface area contributed by atoms with Gasteiger partial charge < -0.3 is 10.8 Å². The summed E-state index contributed by atoms with van der Waals surface area (Å²) in [6.45, 7) is 0.387. The molecule has 1 aromatic carbocycles. The zero-order valence-electron chi connectivity index (χ0n) is 7.59. The van der Waals surface area contributed by atoms with E-state index < -0.39 is 11.0 Å². The van der Waals surface area contributed by atoms with Crippen molar-refractivity contribution in [1.82, 2.24) is 0 Å². The summed E-state index contributed by atoms with van der Waals surface area (Å²) in [5.74, 6) is 0. The molecule has 0 heterocycles. The molecule has 1 atom stereocenters. The lowest BCUT2D eigenvalue weighted by Crippen LogP contribution is -2.06. The Labute approximate surface area is 81.3 Å². The molecule has 0 aromatic heterocycles. The Morgan fingerprint density at radius 1 is 1.43 bits per heavy atom. The Kier molecular flexibility index (Phi) is 3.55. The first kappa shape index (κ1) is 10.6. The van der Waals surface area contributed by atoms with Gasteiger partial charge >= 0.3 is 0 Å². The van der Waals surface area contributed by atoms with E-state index in [1.807, 2.05) is 0 Å². The summed E-state index contributed by atoms with van der Waals surface area (Å²) < 4.78 is 0. The fourth-order valence-electron chi connectivity index (χ4n) is 1.14. The Hall–Kier alpha value is -1.46. The quantitative estimate of drug-likeness (QED) is 0.554. The smallest absolute Gasteiger partial charge is 0.269 e. The van der Waals surface area contributed by atoms with Crippen LogP contribution in [0, 0.1) is 10.1 Å². The van der Waals surface area contributed by atoms with Crippen LogP contribution in [0.15, 0.2) is 24.3 Å². The third kappa shape index (κ3) is 2.51. The molecule has 76 valence electrons. The maximum absolute atomic E-state index is 10.3. The third-order valence-electron chi connectivity index (χ3n) is 1.93. The van der Waals surface area contributed by atoms with Crippen molar-refractivity contribution in [2.24, 2.45) is 5.73 Å². The van der Waals surface area contributed by atoms with Gasteiger partial charge in [-0.3, -0.25) is 10.1 Å². The van der Waals surface area contributed by atoms with Crippen molar-refractivity contribution in [2.45, 2.75) is 12.5 Å². The maximum Gasteiger partial charge on any atom is 0.269 e. The summed E-state index contributed by atoms with van der Waals surface area (Å²) in [4.78, 5) is 9.86. The first-order valence-electron chi connectivity index (χ1n) is 4.27. The summed E-state index contributed by atoms with van der Waals surface area (Å²) in [6.07, 6.45) is -0.182. The van der Waals surface area contributed by atoms with Crippen LogP contribution in [0.3, 0.4) is 0 Å². The molecule has 1 rings (SSSR count). The highest BCUT2D eigenvalue weighted by Gasteiger charge is 2.09. The number of hydrogen-bond acceptors (Lipinski definition) is 4. The van der Waals surface area contributed by atoms with Crippen molar-refractivity contribution >= 4 is 5.69 Å². The highest BCUT2D eigenvalue weighted by atomic mass is 16.6. The highest BCUT2D eigenvalue weighted by Crippen LogP contribution is 2.19. The molecular formula is C9H12N2O3. The number of hydrogen-bond donors (Lipinski definition) is 2. The largest absolute Gasteiger partial charge is 0.388 e. The van der Waals surface area contributed by atoms with Crippen LogP contribution in [0.25, 0.3) is 0 Å². The normalized spacial score (nSPS) is 12.4. The summed E-state index contributed by atoms with van der Waals surface area (Å²) in [5, 5.41) is 19.8. The molecule has 5 heteroatoms. The molecule has 1 aromatic rings. The minimum atomic E-state index is -0.638. The number of nitro groups is 1. The predicted molar refractivity (Wildman–Crippen MR) is 51.7 cm³/mol. The number of rotatable bonds is 4. The van der Waals surface area contributed by atoms with Crippen LogP contribution in [-0.2, 0) is 0 Å². The van der Waals surface area contributed by atoms with Gasteiger partial charge in [0.15, 0.2) is 0 Å². The lowest BCUT2D eigenvalue weighted by atomic mass is 10.1. The first-order valence-corrected chi connectivity index (χ1v) is 4.27. The van der Waals surface area contributed by atoms with Gasteiger partial charge in [0.2, 0.25) is 0 Å². The summed E-state index contributed by atoms with van der Waals surface area (Å²) in [5.41, 5.74) is 5.95. The van der Waals surface area contributed by atoms with E-state index in [0.29, 0.717) is 18.5 Å². The van der Waals surface area contributed by atoms with Crippen LogP contribution in [0.2, 0.25) is 0 Å². The van der Waals surface area contributed by atoms with Crippen molar-refractivity contribution in [1.29, 1.82) is 0 Å². The molecule has 0 radical (unpaired) electrons. The van der Waals surface area contributed by atoms with Gasteiger partial charge in [0.1, 0.15) is 0 Å². The number of nitro benzene ring substituents is 1. The van der Waals surface area contributed by atoms with Crippen molar-refractivity contribution < 1.29 is 10.0 Å². The average molecular weight is 196 g/mol. The molecule has 0 saturated heterocycles. The van der Waals surface area contributed by atoms with E-state index in [1.54, 1.807) is 12.1 Å². The Balaban J connectivity index is 2.77. The van der Waals surface area contributed by atoms with E-state index in [9.17, 15) is 15.2 Å². The first-order chi connectivity index (χ1) is 6.65. The average Bonchev–Trinajstić information content (AvgIpc) is 2.18. The van der Waals surface area contributed by atoms with Crippen LogP contribution in [-0.4, -0.2) is 16.6 Å². The molecule has 0 bridgehead atoms. The second kappa shape index (κ2) is 4.69. The molecule has 0 fully saturated rings. The molecule has 0 aliphatic heterocycles. The van der Waals surface area contributed by atoms with Gasteiger partial charge in [-0.05, 0) is 30.7 Å². The van der Waals surface area contributed by atoms with Gasteiger partial charge in [-0.25, -0.2) is 0 Å². The minimum Gasteiger partial charge on any atom is -0.388 e. The Morgan fingerprint density at radius 2 is 2.00 bits per heavy atom. The minimum absolute atomic E-state index is 0.0219. The van der Waals surface area contributed by atoms with E-state index in [1.165, 1.54) is 12.1 Å². The van der Waals surface area contributed by atoms with E-state index in [0.717, 1.165) is 0 Å². The fraction of sp³-hybridized carbons (Fsp3) is 0.333. The van der Waals surface area contributed by atoms with Gasteiger partial charge in [-0.1, -0.05) is 0 Å². The van der Waals surface area contributed by atoms with Crippen LogP contribution in [0.1, 0.15) is 18.1 Å². The second-order valence-electron chi connectivity index (χ2n) is 2.94. The highest BCUT2D eigenvalue weighted by molar-refractivity contribution is 5.33. The lowest BCUT2D eigenvalue weighted by Gasteiger charge is -2.08. The van der Waals surface area contributed by atoms with Gasteiger partial charge in [0.25, 0.3) is 5.69 Å². The van der Waals surface area contributed by atoms with Crippen LogP contribution >= 0.6 is 0 Å². The van der Waals surface area contributed by atoms with Crippen LogP contribution < -0.4 is 5.73 Å². The zero-order valence-corrected chi connectivity index (χ0v) is 7.59. The van der Waals surface area contributed by atoms with E-state index in [2.05, 4.69) is 0 Å². The molecule has 0 aliphatic carbocycles. The second-order valence-corrected chi connectivity index (χ2v) is 2.94. The van der Waals surface area contributed by atoms with Gasteiger partial charge in [-0.2, -0.15) is 0 Å². The standard InChI is InChI=1S/C9H12N2O3/c10-6-5-9(12)7-1-3-8(4-2-7)11(13)14/h1-4,9,12H,5-6,10H2. The third-order valence-corrected chi connectivity index (χ3v) is 1.93. The van der Waals surface area contributed by atoms with E-state index >= 15 is 0 Å². The zero-order chi connectivity index (χ0) is 10.6. The molecule has 0 amide bonds. The summed E-state index contributed by atoms with van der Waals surface area (Å²) in [7, 11) is 0. The van der Waals surface area contributed by atoms with Crippen molar-refractivity contribution in [3.05, 3.63) is 39.9 Å². The summed E-state index contributed by atoms with van der Waals surface area (Å²) in [6, 6.07) is 5.82. The van der Waals surface area contributed by atoms with E-state index in [-0.39, 0.29) is 5.69 Å². The summed E-state index contributed by atoms with van der Waals surface area (Å²) >= 11 is 0. The molecular weight excluding hydrogens is 184 g/mol. The SMILES string of the molecule is NCCC(O)c1ccc([N+](=O)[O-])cc1. The van der Waals surface area contributed by atoms with Crippen molar-refractivity contribution in [3.63, 3.8) is 0 Å². The van der Waals surface area contributed by atoms with Gasteiger partial charge in [0, 0.05) is 12.1 Å². The lowest BCUT2D eigenvalue weighted by molar-refractivity contribution is -0.384.